The number of nitrogens with one attached hydrogen (secondary N) is 1. The second-order valence-corrected chi connectivity index (χ2v) is 5.82. The average molecular weight is 270 g/mol. The minimum absolute atomic E-state index is 0.120. The number of hydrogen-bond acceptors (Lipinski definition) is 4. The van der Waals surface area contributed by atoms with Crippen molar-refractivity contribution in [1.29, 1.82) is 0 Å². The monoisotopic (exact) mass is 270 g/mol. The van der Waals surface area contributed by atoms with E-state index in [9.17, 15) is 14.3 Å². The van der Waals surface area contributed by atoms with Gasteiger partial charge in [-0.05, 0) is 19.4 Å². The van der Waals surface area contributed by atoms with Crippen LogP contribution in [0.4, 0.5) is 5.69 Å². The fourth-order valence-electron chi connectivity index (χ4n) is 1.75. The van der Waals surface area contributed by atoms with Crippen LogP contribution >= 0.6 is 0 Å². The number of nitrogens with zero attached hydrogens (tertiary/aromatic N) is 1. The van der Waals surface area contributed by atoms with Crippen LogP contribution in [0.15, 0.2) is 18.2 Å². The summed E-state index contributed by atoms with van der Waals surface area (Å²) in [6.45, 7) is 4.25. The Morgan fingerprint density at radius 3 is 2.72 bits per heavy atom. The first-order chi connectivity index (χ1) is 8.41. The molecule has 0 bridgehead atoms. The molecule has 1 N–H and O–H groups in total. The van der Waals surface area contributed by atoms with Gasteiger partial charge >= 0.3 is 0 Å². The maximum atomic E-state index is 11.1. The van der Waals surface area contributed by atoms with Gasteiger partial charge in [0.25, 0.3) is 5.69 Å². The van der Waals surface area contributed by atoms with Gasteiger partial charge in [0.2, 0.25) is 0 Å². The summed E-state index contributed by atoms with van der Waals surface area (Å²) >= 11 is 0. The predicted molar refractivity (Wildman–Crippen MR) is 73.1 cm³/mol. The van der Waals surface area contributed by atoms with Crippen LogP contribution in [0.3, 0.4) is 0 Å². The minimum atomic E-state index is -0.841. The molecule has 0 amide bonds. The summed E-state index contributed by atoms with van der Waals surface area (Å²) in [5, 5.41) is 14.0. The molecule has 0 radical (unpaired) electrons. The van der Waals surface area contributed by atoms with Crippen LogP contribution in [-0.2, 0) is 17.3 Å². The fraction of sp³-hybridized carbons (Fsp3) is 0.500. The van der Waals surface area contributed by atoms with Gasteiger partial charge < -0.3 is 5.32 Å². The van der Waals surface area contributed by atoms with E-state index in [4.69, 9.17) is 0 Å². The second kappa shape index (κ2) is 6.61. The van der Waals surface area contributed by atoms with Crippen molar-refractivity contribution in [1.82, 2.24) is 5.32 Å². The van der Waals surface area contributed by atoms with Gasteiger partial charge in [0.1, 0.15) is 0 Å². The first-order valence-electron chi connectivity index (χ1n) is 5.68. The lowest BCUT2D eigenvalue weighted by Crippen LogP contribution is -2.30. The fourth-order valence-corrected chi connectivity index (χ4v) is 2.58. The molecular weight excluding hydrogens is 252 g/mol. The van der Waals surface area contributed by atoms with E-state index in [2.05, 4.69) is 5.32 Å². The quantitative estimate of drug-likeness (QED) is 0.631. The summed E-state index contributed by atoms with van der Waals surface area (Å²) in [5.41, 5.74) is 1.72. The van der Waals surface area contributed by atoms with Crippen molar-refractivity contribution >= 4 is 16.5 Å². The number of rotatable bonds is 6. The Balaban J connectivity index is 2.71. The van der Waals surface area contributed by atoms with Gasteiger partial charge in [0.05, 0.1) is 4.92 Å². The topological polar surface area (TPSA) is 72.2 Å². The predicted octanol–water partition coefficient (Wildman–Crippen LogP) is 1.76. The number of nitro benzene ring substituents is 1. The van der Waals surface area contributed by atoms with Crippen LogP contribution in [0.2, 0.25) is 0 Å². The SMILES string of the molecule is Cc1c(CNC(C)CS(C)=O)cccc1[N+](=O)[O-]. The van der Waals surface area contributed by atoms with Crippen LogP contribution in [0.1, 0.15) is 18.1 Å². The molecule has 0 aliphatic rings. The van der Waals surface area contributed by atoms with E-state index in [0.29, 0.717) is 17.9 Å². The van der Waals surface area contributed by atoms with E-state index >= 15 is 0 Å². The van der Waals surface area contributed by atoms with Gasteiger partial charge in [-0.1, -0.05) is 12.1 Å². The van der Waals surface area contributed by atoms with Crippen LogP contribution in [0, 0.1) is 17.0 Å². The van der Waals surface area contributed by atoms with Crippen molar-refractivity contribution in [2.75, 3.05) is 12.0 Å². The standard InChI is InChI=1S/C12H18N2O3S/c1-9(8-18(3)17)13-7-11-5-4-6-12(10(11)2)14(15)16/h4-6,9,13H,7-8H2,1-3H3. The highest BCUT2D eigenvalue weighted by Gasteiger charge is 2.13. The third-order valence-corrected chi connectivity index (χ3v) is 3.71. The summed E-state index contributed by atoms with van der Waals surface area (Å²) in [7, 11) is -0.841. The number of benzene rings is 1. The van der Waals surface area contributed by atoms with E-state index in [1.165, 1.54) is 6.07 Å². The molecule has 0 fully saturated rings. The lowest BCUT2D eigenvalue weighted by atomic mass is 10.1. The Kier molecular flexibility index (Phi) is 5.43. The van der Waals surface area contributed by atoms with E-state index in [-0.39, 0.29) is 16.7 Å². The number of hydrogen-bond donors (Lipinski definition) is 1. The van der Waals surface area contributed by atoms with Crippen LogP contribution in [-0.4, -0.2) is 27.2 Å². The zero-order valence-electron chi connectivity index (χ0n) is 10.8. The zero-order valence-corrected chi connectivity index (χ0v) is 11.6. The molecule has 2 unspecified atom stereocenters. The van der Waals surface area contributed by atoms with Gasteiger partial charge in [-0.15, -0.1) is 0 Å². The Bertz CT molecular complexity index is 463. The van der Waals surface area contributed by atoms with E-state index < -0.39 is 10.8 Å². The van der Waals surface area contributed by atoms with Gasteiger partial charge in [-0.25, -0.2) is 0 Å². The van der Waals surface area contributed by atoms with Crippen molar-refractivity contribution in [3.8, 4) is 0 Å². The summed E-state index contributed by atoms with van der Waals surface area (Å²) in [6.07, 6.45) is 1.66. The highest BCUT2D eigenvalue weighted by atomic mass is 32.2. The van der Waals surface area contributed by atoms with Crippen LogP contribution < -0.4 is 5.32 Å². The van der Waals surface area contributed by atoms with Crippen molar-refractivity contribution < 1.29 is 9.13 Å². The molecule has 0 saturated heterocycles. The molecule has 2 atom stereocenters. The average Bonchev–Trinajstić information content (AvgIpc) is 2.26. The minimum Gasteiger partial charge on any atom is -0.309 e. The van der Waals surface area contributed by atoms with E-state index in [1.807, 2.05) is 13.0 Å². The third-order valence-electron chi connectivity index (χ3n) is 2.74. The molecular formula is C12H18N2O3S. The molecule has 1 aromatic carbocycles. The molecule has 0 aromatic heterocycles. The van der Waals surface area contributed by atoms with Gasteiger partial charge in [0, 0.05) is 47.0 Å². The van der Waals surface area contributed by atoms with E-state index in [1.54, 1.807) is 19.2 Å². The maximum Gasteiger partial charge on any atom is 0.272 e. The lowest BCUT2D eigenvalue weighted by Gasteiger charge is -2.13. The molecule has 0 heterocycles. The highest BCUT2D eigenvalue weighted by Crippen LogP contribution is 2.20. The summed E-state index contributed by atoms with van der Waals surface area (Å²) < 4.78 is 11.1. The third kappa shape index (κ3) is 4.19. The molecule has 0 aliphatic carbocycles. The molecule has 6 heteroatoms. The normalized spacial score (nSPS) is 14.2. The Morgan fingerprint density at radius 2 is 2.17 bits per heavy atom. The molecule has 100 valence electrons. The Labute approximate surface area is 109 Å². The lowest BCUT2D eigenvalue weighted by molar-refractivity contribution is -0.385. The molecule has 1 aromatic rings. The first-order valence-corrected chi connectivity index (χ1v) is 7.40. The molecule has 0 aliphatic heterocycles. The second-order valence-electron chi connectivity index (χ2n) is 4.34. The summed E-state index contributed by atoms with van der Waals surface area (Å²) in [5.74, 6) is 0.577. The van der Waals surface area contributed by atoms with Crippen molar-refractivity contribution in [3.63, 3.8) is 0 Å². The Hall–Kier alpha value is -1.27. The molecule has 0 spiro atoms. The number of nitro groups is 1. The van der Waals surface area contributed by atoms with E-state index in [0.717, 1.165) is 5.56 Å². The van der Waals surface area contributed by atoms with Gasteiger partial charge in [-0.3, -0.25) is 14.3 Å². The molecule has 5 nitrogen and oxygen atoms in total. The highest BCUT2D eigenvalue weighted by molar-refractivity contribution is 7.84. The van der Waals surface area contributed by atoms with Crippen LogP contribution in [0.25, 0.3) is 0 Å². The molecule has 18 heavy (non-hydrogen) atoms. The first kappa shape index (κ1) is 14.8. The van der Waals surface area contributed by atoms with Crippen molar-refractivity contribution in [2.24, 2.45) is 0 Å². The zero-order chi connectivity index (χ0) is 13.7. The van der Waals surface area contributed by atoms with Gasteiger partial charge in [-0.2, -0.15) is 0 Å². The maximum absolute atomic E-state index is 11.1. The smallest absolute Gasteiger partial charge is 0.272 e. The van der Waals surface area contributed by atoms with Crippen molar-refractivity contribution in [2.45, 2.75) is 26.4 Å². The molecule has 0 saturated carbocycles. The van der Waals surface area contributed by atoms with Gasteiger partial charge in [0.15, 0.2) is 0 Å². The summed E-state index contributed by atoms with van der Waals surface area (Å²) in [4.78, 5) is 10.4. The molecule has 1 rings (SSSR count). The van der Waals surface area contributed by atoms with Crippen molar-refractivity contribution in [3.05, 3.63) is 39.4 Å². The van der Waals surface area contributed by atoms with Crippen LogP contribution in [0.5, 0.6) is 0 Å². The summed E-state index contributed by atoms with van der Waals surface area (Å²) in [6, 6.07) is 5.17. The Morgan fingerprint density at radius 1 is 1.50 bits per heavy atom. The largest absolute Gasteiger partial charge is 0.309 e.